The van der Waals surface area contributed by atoms with Crippen LogP contribution < -0.4 is 18.9 Å². The highest BCUT2D eigenvalue weighted by Crippen LogP contribution is 2.35. The molecule has 158 valence electrons. The van der Waals surface area contributed by atoms with Crippen LogP contribution >= 0.6 is 0 Å². The van der Waals surface area contributed by atoms with Gasteiger partial charge in [0.25, 0.3) is 0 Å². The zero-order chi connectivity index (χ0) is 21.4. The summed E-state index contributed by atoms with van der Waals surface area (Å²) in [6, 6.07) is 10.6. The van der Waals surface area contributed by atoms with Crippen molar-refractivity contribution in [2.24, 2.45) is 0 Å². The molecule has 2 atom stereocenters. The molecule has 29 heavy (non-hydrogen) atoms. The van der Waals surface area contributed by atoms with Crippen LogP contribution in [0.4, 0.5) is 0 Å². The lowest BCUT2D eigenvalue weighted by Gasteiger charge is -2.28. The van der Waals surface area contributed by atoms with E-state index in [9.17, 15) is 4.79 Å². The van der Waals surface area contributed by atoms with Gasteiger partial charge in [-0.3, -0.25) is 4.79 Å². The van der Waals surface area contributed by atoms with Crippen molar-refractivity contribution in [2.45, 2.75) is 19.1 Å². The summed E-state index contributed by atoms with van der Waals surface area (Å²) in [5, 5.41) is 0. The van der Waals surface area contributed by atoms with Gasteiger partial charge in [-0.05, 0) is 42.8 Å². The molecule has 0 fully saturated rings. The number of carbonyl (C=O) groups is 1. The second-order valence-electron chi connectivity index (χ2n) is 6.30. The summed E-state index contributed by atoms with van der Waals surface area (Å²) in [5.74, 6) is 2.11. The van der Waals surface area contributed by atoms with Crippen LogP contribution in [0, 0.1) is 0 Å². The van der Waals surface area contributed by atoms with E-state index in [1.54, 1.807) is 46.6 Å². The SMILES string of the molecule is COCC(Oc1ccc(C(C)=O)cc1OC)C(OC)c1ccc(OC)c(OC)c1. The van der Waals surface area contributed by atoms with E-state index in [0.29, 0.717) is 28.6 Å². The predicted octanol–water partition coefficient (Wildman–Crippen LogP) is 3.70. The maximum Gasteiger partial charge on any atom is 0.161 e. The number of hydrogen-bond acceptors (Lipinski definition) is 7. The number of methoxy groups -OCH3 is 5. The molecule has 0 radical (unpaired) electrons. The van der Waals surface area contributed by atoms with E-state index in [1.165, 1.54) is 14.0 Å². The molecule has 0 bridgehead atoms. The summed E-state index contributed by atoms with van der Waals surface area (Å²) in [7, 11) is 7.88. The van der Waals surface area contributed by atoms with Crippen molar-refractivity contribution in [1.29, 1.82) is 0 Å². The summed E-state index contributed by atoms with van der Waals surface area (Å²) in [5.41, 5.74) is 1.38. The molecule has 0 amide bonds. The molecule has 7 heteroatoms. The lowest BCUT2D eigenvalue weighted by molar-refractivity contribution is -0.0359. The molecule has 2 rings (SSSR count). The zero-order valence-electron chi connectivity index (χ0n) is 17.7. The highest BCUT2D eigenvalue weighted by molar-refractivity contribution is 5.94. The van der Waals surface area contributed by atoms with E-state index >= 15 is 0 Å². The van der Waals surface area contributed by atoms with Gasteiger partial charge in [-0.1, -0.05) is 6.07 Å². The third-order valence-corrected chi connectivity index (χ3v) is 4.51. The standard InChI is InChI=1S/C22H28O7/c1-14(23)15-7-10-18(20(11-15)27-5)29-21(13-24-2)22(28-6)16-8-9-17(25-3)19(12-16)26-4/h7-12,21-22H,13H2,1-6H3. The predicted molar refractivity (Wildman–Crippen MR) is 109 cm³/mol. The molecule has 0 heterocycles. The van der Waals surface area contributed by atoms with E-state index in [0.717, 1.165) is 5.56 Å². The molecule has 2 aromatic carbocycles. The Hall–Kier alpha value is -2.77. The van der Waals surface area contributed by atoms with Crippen LogP contribution in [0.1, 0.15) is 28.9 Å². The van der Waals surface area contributed by atoms with Gasteiger partial charge in [0.05, 0.1) is 27.9 Å². The van der Waals surface area contributed by atoms with Crippen LogP contribution in [-0.4, -0.2) is 54.0 Å². The highest BCUT2D eigenvalue weighted by Gasteiger charge is 2.27. The highest BCUT2D eigenvalue weighted by atomic mass is 16.6. The largest absolute Gasteiger partial charge is 0.493 e. The third-order valence-electron chi connectivity index (χ3n) is 4.51. The molecule has 7 nitrogen and oxygen atoms in total. The van der Waals surface area contributed by atoms with E-state index in [2.05, 4.69) is 0 Å². The Bertz CT molecular complexity index is 819. The Balaban J connectivity index is 2.37. The Kier molecular flexibility index (Phi) is 8.30. The van der Waals surface area contributed by atoms with Crippen molar-refractivity contribution >= 4 is 5.78 Å². The normalized spacial score (nSPS) is 12.8. The second-order valence-corrected chi connectivity index (χ2v) is 6.30. The molecule has 2 aromatic rings. The van der Waals surface area contributed by atoms with Gasteiger partial charge in [0.15, 0.2) is 34.9 Å². The third kappa shape index (κ3) is 5.40. The minimum absolute atomic E-state index is 0.0524. The van der Waals surface area contributed by atoms with Gasteiger partial charge in [0.1, 0.15) is 6.10 Å². The lowest BCUT2D eigenvalue weighted by Crippen LogP contribution is -2.31. The molecular formula is C22H28O7. The van der Waals surface area contributed by atoms with Crippen molar-refractivity contribution in [2.75, 3.05) is 42.2 Å². The van der Waals surface area contributed by atoms with E-state index < -0.39 is 12.2 Å². The topological polar surface area (TPSA) is 72.5 Å². The molecule has 0 aliphatic heterocycles. The van der Waals surface area contributed by atoms with Crippen molar-refractivity contribution in [1.82, 2.24) is 0 Å². The number of benzene rings is 2. The van der Waals surface area contributed by atoms with Crippen molar-refractivity contribution in [3.63, 3.8) is 0 Å². The van der Waals surface area contributed by atoms with E-state index in [1.807, 2.05) is 18.2 Å². The monoisotopic (exact) mass is 404 g/mol. The van der Waals surface area contributed by atoms with E-state index in [-0.39, 0.29) is 12.4 Å². The van der Waals surface area contributed by atoms with Crippen LogP contribution in [0.3, 0.4) is 0 Å². The van der Waals surface area contributed by atoms with Crippen LogP contribution in [-0.2, 0) is 9.47 Å². The average Bonchev–Trinajstić information content (AvgIpc) is 2.74. The Morgan fingerprint density at radius 1 is 0.828 bits per heavy atom. The van der Waals surface area contributed by atoms with Crippen molar-refractivity contribution < 1.29 is 33.2 Å². The number of Topliss-reactive ketones (excluding diaryl/α,β-unsaturated/α-hetero) is 1. The van der Waals surface area contributed by atoms with Crippen LogP contribution in [0.2, 0.25) is 0 Å². The molecular weight excluding hydrogens is 376 g/mol. The fourth-order valence-corrected chi connectivity index (χ4v) is 3.03. The van der Waals surface area contributed by atoms with Gasteiger partial charge in [0, 0.05) is 19.8 Å². The number of hydrogen-bond donors (Lipinski definition) is 0. The molecule has 0 saturated heterocycles. The number of ketones is 1. The smallest absolute Gasteiger partial charge is 0.161 e. The van der Waals surface area contributed by atoms with Gasteiger partial charge >= 0.3 is 0 Å². The summed E-state index contributed by atoms with van der Waals surface area (Å²) >= 11 is 0. The first kappa shape index (κ1) is 22.5. The molecule has 0 N–H and O–H groups in total. The summed E-state index contributed by atoms with van der Waals surface area (Å²) in [6.07, 6.45) is -0.938. The molecule has 0 spiro atoms. The molecule has 2 unspecified atom stereocenters. The number of rotatable bonds is 11. The van der Waals surface area contributed by atoms with Gasteiger partial charge in [0.2, 0.25) is 0 Å². The van der Waals surface area contributed by atoms with Gasteiger partial charge < -0.3 is 28.4 Å². The average molecular weight is 404 g/mol. The fourth-order valence-electron chi connectivity index (χ4n) is 3.03. The minimum Gasteiger partial charge on any atom is -0.493 e. The minimum atomic E-state index is -0.486. The molecule has 0 aliphatic rings. The van der Waals surface area contributed by atoms with Crippen LogP contribution in [0.15, 0.2) is 36.4 Å². The quantitative estimate of drug-likeness (QED) is 0.529. The second kappa shape index (κ2) is 10.7. The summed E-state index contributed by atoms with van der Waals surface area (Å²) in [4.78, 5) is 11.6. The van der Waals surface area contributed by atoms with Crippen molar-refractivity contribution in [3.05, 3.63) is 47.5 Å². The summed E-state index contributed by atoms with van der Waals surface area (Å²) in [6.45, 7) is 1.77. The van der Waals surface area contributed by atoms with Gasteiger partial charge in [-0.2, -0.15) is 0 Å². The molecule has 0 saturated carbocycles. The maximum atomic E-state index is 11.6. The maximum absolute atomic E-state index is 11.6. The summed E-state index contributed by atoms with van der Waals surface area (Å²) < 4.78 is 33.4. The Labute approximate surface area is 171 Å². The Morgan fingerprint density at radius 2 is 1.45 bits per heavy atom. The van der Waals surface area contributed by atoms with Crippen LogP contribution in [0.25, 0.3) is 0 Å². The van der Waals surface area contributed by atoms with Gasteiger partial charge in [-0.15, -0.1) is 0 Å². The first-order valence-electron chi connectivity index (χ1n) is 9.08. The lowest BCUT2D eigenvalue weighted by atomic mass is 10.0. The Morgan fingerprint density at radius 3 is 2.00 bits per heavy atom. The van der Waals surface area contributed by atoms with Gasteiger partial charge in [-0.25, -0.2) is 0 Å². The number of ether oxygens (including phenoxy) is 6. The first-order chi connectivity index (χ1) is 14.0. The first-order valence-corrected chi connectivity index (χ1v) is 9.08. The van der Waals surface area contributed by atoms with Crippen molar-refractivity contribution in [3.8, 4) is 23.0 Å². The number of carbonyl (C=O) groups excluding carboxylic acids is 1. The molecule has 0 aromatic heterocycles. The fraction of sp³-hybridized carbons (Fsp3) is 0.409. The zero-order valence-corrected chi connectivity index (χ0v) is 17.7. The van der Waals surface area contributed by atoms with E-state index in [4.69, 9.17) is 28.4 Å². The molecule has 0 aliphatic carbocycles. The van der Waals surface area contributed by atoms with Crippen LogP contribution in [0.5, 0.6) is 23.0 Å².